The Hall–Kier alpha value is -3.90. The number of carbonyl (C=O) groups excluding carboxylic acids is 3. The lowest BCUT2D eigenvalue weighted by Gasteiger charge is -2.34. The first-order chi connectivity index (χ1) is 20.1. The number of halogens is 2. The molecule has 0 aromatic heterocycles. The lowest BCUT2D eigenvalue weighted by Crippen LogP contribution is -2.57. The van der Waals surface area contributed by atoms with Crippen molar-refractivity contribution in [2.75, 3.05) is 32.7 Å². The van der Waals surface area contributed by atoms with Crippen LogP contribution in [0.3, 0.4) is 0 Å². The van der Waals surface area contributed by atoms with Crippen LogP contribution in [0.5, 0.6) is 0 Å². The van der Waals surface area contributed by atoms with Gasteiger partial charge in [0, 0.05) is 25.7 Å². The Balaban J connectivity index is 0.00000197. The molecule has 10 nitrogen and oxygen atoms in total. The predicted octanol–water partition coefficient (Wildman–Crippen LogP) is 1.88. The van der Waals surface area contributed by atoms with Crippen molar-refractivity contribution in [2.24, 2.45) is 0 Å². The second-order valence-electron chi connectivity index (χ2n) is 10.1. The van der Waals surface area contributed by atoms with E-state index in [1.807, 2.05) is 25.1 Å². The van der Waals surface area contributed by atoms with Crippen molar-refractivity contribution >= 4 is 24.2 Å². The molecular weight excluding hydrogens is 550 g/mol. The van der Waals surface area contributed by atoms with Crippen LogP contribution in [0.25, 0.3) is 0 Å². The van der Waals surface area contributed by atoms with Gasteiger partial charge in [0.2, 0.25) is 17.7 Å². The summed E-state index contributed by atoms with van der Waals surface area (Å²) in [5.41, 5.74) is 2.49. The first-order valence-electron chi connectivity index (χ1n) is 13.9. The summed E-state index contributed by atoms with van der Waals surface area (Å²) in [4.78, 5) is 48.9. The highest BCUT2D eigenvalue weighted by Gasteiger charge is 2.31. The highest BCUT2D eigenvalue weighted by Crippen LogP contribution is 2.13. The van der Waals surface area contributed by atoms with Gasteiger partial charge in [-0.1, -0.05) is 44.5 Å². The van der Waals surface area contributed by atoms with Crippen molar-refractivity contribution in [1.82, 2.24) is 20.4 Å². The van der Waals surface area contributed by atoms with Gasteiger partial charge in [0.05, 0.1) is 18.7 Å². The van der Waals surface area contributed by atoms with Gasteiger partial charge in [-0.2, -0.15) is 0 Å². The van der Waals surface area contributed by atoms with Crippen LogP contribution >= 0.6 is 0 Å². The van der Waals surface area contributed by atoms with Crippen LogP contribution in [-0.4, -0.2) is 89.1 Å². The third-order valence-corrected chi connectivity index (χ3v) is 6.74. The molecule has 2 aromatic carbocycles. The SMILES string of the molecule is CCCCN1CC(=O)N(CC(=O)N[C@@H](Cc2cc(F)cc(F)c2)[C@H](O)CNCc2cccc(CC)c2)CC1=O.O=CO. The molecule has 1 heterocycles. The van der Waals surface area contributed by atoms with Crippen molar-refractivity contribution in [2.45, 2.75) is 58.2 Å². The predicted molar refractivity (Wildman–Crippen MR) is 152 cm³/mol. The average Bonchev–Trinajstić information content (AvgIpc) is 2.93. The van der Waals surface area contributed by atoms with Crippen molar-refractivity contribution in [3.8, 4) is 0 Å². The molecule has 1 saturated heterocycles. The Labute approximate surface area is 244 Å². The molecule has 0 aliphatic carbocycles. The van der Waals surface area contributed by atoms with E-state index in [2.05, 4.69) is 23.6 Å². The number of unbranched alkanes of at least 4 members (excludes halogenated alkanes) is 1. The Kier molecular flexibility index (Phi) is 14.5. The van der Waals surface area contributed by atoms with E-state index in [1.165, 1.54) is 15.4 Å². The van der Waals surface area contributed by atoms with E-state index in [1.54, 1.807) is 0 Å². The number of amides is 3. The molecule has 0 spiro atoms. The Bertz CT molecular complexity index is 1180. The molecule has 0 bridgehead atoms. The summed E-state index contributed by atoms with van der Waals surface area (Å²) in [6, 6.07) is 10.2. The van der Waals surface area contributed by atoms with Gasteiger partial charge in [0.15, 0.2) is 0 Å². The Morgan fingerprint density at radius 1 is 1.00 bits per heavy atom. The van der Waals surface area contributed by atoms with Crippen molar-refractivity contribution in [3.05, 3.63) is 70.8 Å². The maximum absolute atomic E-state index is 13.8. The minimum absolute atomic E-state index is 0.0355. The average molecular weight is 591 g/mol. The number of benzene rings is 2. The van der Waals surface area contributed by atoms with E-state index in [-0.39, 0.29) is 56.4 Å². The normalized spacial score (nSPS) is 14.6. The highest BCUT2D eigenvalue weighted by atomic mass is 19.1. The van der Waals surface area contributed by atoms with Gasteiger partial charge in [0.25, 0.3) is 6.47 Å². The van der Waals surface area contributed by atoms with E-state index >= 15 is 0 Å². The first-order valence-corrected chi connectivity index (χ1v) is 13.9. The maximum Gasteiger partial charge on any atom is 0.290 e. The van der Waals surface area contributed by atoms with Gasteiger partial charge in [-0.15, -0.1) is 0 Å². The summed E-state index contributed by atoms with van der Waals surface area (Å²) in [5.74, 6) is -2.65. The van der Waals surface area contributed by atoms with Crippen LogP contribution in [0.2, 0.25) is 0 Å². The van der Waals surface area contributed by atoms with E-state index in [0.29, 0.717) is 13.1 Å². The van der Waals surface area contributed by atoms with Crippen LogP contribution in [0.15, 0.2) is 42.5 Å². The molecular formula is C30H40F2N4O6. The Morgan fingerprint density at radius 2 is 1.62 bits per heavy atom. The minimum atomic E-state index is -1.10. The standard InChI is InChI=1S/C29H38F2N4O4.CH2O2/c1-3-5-9-34-18-29(39)35(19-28(34)38)17-27(37)33-25(13-22-11-23(30)14-24(31)12-22)26(36)16-32-15-21-8-6-7-20(4-2)10-21;2-1-3/h6-8,10-12,14,25-26,32,36H,3-5,9,13,15-19H2,1-2H3,(H,33,37);1H,(H,2,3)/t25-,26+;/m0./s1. The molecule has 1 fully saturated rings. The number of hydrogen-bond acceptors (Lipinski definition) is 6. The largest absolute Gasteiger partial charge is 0.483 e. The number of rotatable bonds is 14. The number of aliphatic hydroxyl groups excluding tert-OH is 1. The monoisotopic (exact) mass is 590 g/mol. The van der Waals surface area contributed by atoms with Crippen molar-refractivity contribution in [3.63, 3.8) is 0 Å². The molecule has 0 unspecified atom stereocenters. The number of aliphatic hydroxyl groups is 1. The quantitative estimate of drug-likeness (QED) is 0.247. The number of nitrogens with one attached hydrogen (secondary N) is 2. The number of piperazine rings is 1. The number of carboxylic acid groups (broad SMARTS) is 1. The lowest BCUT2D eigenvalue weighted by molar-refractivity contribution is -0.151. The second kappa shape index (κ2) is 17.8. The third kappa shape index (κ3) is 11.5. The van der Waals surface area contributed by atoms with Gasteiger partial charge in [-0.3, -0.25) is 19.2 Å². The van der Waals surface area contributed by atoms with Gasteiger partial charge in [-0.05, 0) is 48.1 Å². The van der Waals surface area contributed by atoms with Gasteiger partial charge < -0.3 is 30.6 Å². The number of hydrogen-bond donors (Lipinski definition) is 4. The van der Waals surface area contributed by atoms with Gasteiger partial charge in [0.1, 0.15) is 24.7 Å². The summed E-state index contributed by atoms with van der Waals surface area (Å²) >= 11 is 0. The molecule has 1 aliphatic rings. The third-order valence-electron chi connectivity index (χ3n) is 6.74. The molecule has 3 amide bonds. The molecule has 230 valence electrons. The lowest BCUT2D eigenvalue weighted by atomic mass is 10.0. The van der Waals surface area contributed by atoms with Crippen LogP contribution in [0.1, 0.15) is 43.4 Å². The Morgan fingerprint density at radius 3 is 2.26 bits per heavy atom. The molecule has 4 N–H and O–H groups in total. The van der Waals surface area contributed by atoms with Crippen LogP contribution in [0, 0.1) is 11.6 Å². The zero-order chi connectivity index (χ0) is 31.1. The second-order valence-corrected chi connectivity index (χ2v) is 10.1. The molecule has 0 saturated carbocycles. The molecule has 2 aromatic rings. The topological polar surface area (TPSA) is 139 Å². The first kappa shape index (κ1) is 34.3. The van der Waals surface area contributed by atoms with E-state index < -0.39 is 29.7 Å². The summed E-state index contributed by atoms with van der Waals surface area (Å²) in [7, 11) is 0. The maximum atomic E-state index is 13.8. The summed E-state index contributed by atoms with van der Waals surface area (Å²) in [5, 5.41) is 23.7. The fourth-order valence-electron chi connectivity index (χ4n) is 4.56. The summed E-state index contributed by atoms with van der Waals surface area (Å²) in [6.07, 6.45) is 1.45. The minimum Gasteiger partial charge on any atom is -0.483 e. The van der Waals surface area contributed by atoms with E-state index in [4.69, 9.17) is 9.90 Å². The molecule has 1 aliphatic heterocycles. The van der Waals surface area contributed by atoms with E-state index in [9.17, 15) is 28.3 Å². The van der Waals surface area contributed by atoms with Crippen molar-refractivity contribution < 1.29 is 38.2 Å². The van der Waals surface area contributed by atoms with Crippen LogP contribution in [-0.2, 0) is 38.6 Å². The fourth-order valence-corrected chi connectivity index (χ4v) is 4.56. The number of aryl methyl sites for hydroxylation is 1. The summed E-state index contributed by atoms with van der Waals surface area (Å²) in [6.45, 7) is 4.26. The van der Waals surface area contributed by atoms with Crippen LogP contribution in [0.4, 0.5) is 8.78 Å². The number of carbonyl (C=O) groups is 4. The summed E-state index contributed by atoms with van der Waals surface area (Å²) < 4.78 is 27.6. The van der Waals surface area contributed by atoms with Crippen LogP contribution < -0.4 is 10.6 Å². The van der Waals surface area contributed by atoms with Crippen molar-refractivity contribution in [1.29, 1.82) is 0 Å². The molecule has 42 heavy (non-hydrogen) atoms. The zero-order valence-electron chi connectivity index (χ0n) is 24.0. The number of nitrogens with zero attached hydrogens (tertiary/aromatic N) is 2. The van der Waals surface area contributed by atoms with Gasteiger partial charge >= 0.3 is 0 Å². The van der Waals surface area contributed by atoms with Gasteiger partial charge in [-0.25, -0.2) is 8.78 Å². The fraction of sp³-hybridized carbons (Fsp3) is 0.467. The smallest absolute Gasteiger partial charge is 0.290 e. The van der Waals surface area contributed by atoms with E-state index in [0.717, 1.165) is 43.0 Å². The molecule has 12 heteroatoms. The molecule has 2 atom stereocenters. The molecule has 3 rings (SSSR count). The zero-order valence-corrected chi connectivity index (χ0v) is 24.0. The highest BCUT2D eigenvalue weighted by molar-refractivity contribution is 5.95. The molecule has 0 radical (unpaired) electrons.